The molecule has 4 aliphatic rings. The molecule has 0 spiro atoms. The van der Waals surface area contributed by atoms with Gasteiger partial charge in [0.1, 0.15) is 19.2 Å². The zero-order chi connectivity index (χ0) is 46.9. The number of nitrogens with one attached hydrogen (secondary N) is 5. The number of amides is 6. The number of imide groups is 1. The molecular formula is C47H58ClN11O7S. The molecule has 0 bridgehead atoms. The first-order chi connectivity index (χ1) is 32.5. The summed E-state index contributed by atoms with van der Waals surface area (Å²) in [5.41, 5.74) is 4.38. The maximum Gasteiger partial charge on any atom is 0.410 e. The number of carbonyl (C=O) groups excluding carboxylic acids is 6. The molecule has 1 unspecified atom stereocenters. The Bertz CT molecular complexity index is 2440. The summed E-state index contributed by atoms with van der Waals surface area (Å²) in [5.74, 6) is -0.248. The number of nitrogens with zero attached hydrogens (tertiary/aromatic N) is 6. The summed E-state index contributed by atoms with van der Waals surface area (Å²) >= 11 is 7.93. The van der Waals surface area contributed by atoms with Crippen molar-refractivity contribution in [1.29, 1.82) is 0 Å². The maximum atomic E-state index is 13.6. The summed E-state index contributed by atoms with van der Waals surface area (Å²) in [6, 6.07) is 10.6. The highest BCUT2D eigenvalue weighted by atomic mass is 35.5. The van der Waals surface area contributed by atoms with Crippen LogP contribution in [0.25, 0.3) is 11.3 Å². The van der Waals surface area contributed by atoms with E-state index >= 15 is 0 Å². The predicted octanol–water partition coefficient (Wildman–Crippen LogP) is 4.86. The van der Waals surface area contributed by atoms with Gasteiger partial charge in [0.2, 0.25) is 29.6 Å². The van der Waals surface area contributed by atoms with E-state index in [0.29, 0.717) is 72.9 Å². The zero-order valence-corrected chi connectivity index (χ0v) is 39.3. The number of unbranched alkanes of at least 4 members (excludes halogenated alkanes) is 2. The lowest BCUT2D eigenvalue weighted by molar-refractivity contribution is -0.137. The topological polar surface area (TPSA) is 222 Å². The number of hydrogen-bond donors (Lipinski definition) is 5. The van der Waals surface area contributed by atoms with E-state index < -0.39 is 18.0 Å². The number of benzene rings is 1. The number of aryl methyl sites for hydroxylation is 1. The van der Waals surface area contributed by atoms with Gasteiger partial charge >= 0.3 is 6.09 Å². The molecule has 2 aliphatic heterocycles. The minimum absolute atomic E-state index is 0.0634. The van der Waals surface area contributed by atoms with Crippen molar-refractivity contribution in [3.8, 4) is 11.3 Å². The third kappa shape index (κ3) is 12.5. The van der Waals surface area contributed by atoms with Crippen LogP contribution in [0.4, 0.5) is 10.7 Å². The van der Waals surface area contributed by atoms with Gasteiger partial charge in [0.05, 0.1) is 41.1 Å². The van der Waals surface area contributed by atoms with Crippen LogP contribution >= 0.6 is 22.9 Å². The summed E-state index contributed by atoms with van der Waals surface area (Å²) < 4.78 is 7.64. The first kappa shape index (κ1) is 47.6. The molecule has 20 heteroatoms. The van der Waals surface area contributed by atoms with E-state index in [9.17, 15) is 28.8 Å². The number of anilines is 1. The molecule has 1 aromatic carbocycles. The van der Waals surface area contributed by atoms with E-state index in [2.05, 4.69) is 36.7 Å². The molecule has 2 saturated carbocycles. The second kappa shape index (κ2) is 22.3. The Kier molecular flexibility index (Phi) is 15.8. The summed E-state index contributed by atoms with van der Waals surface area (Å²) in [4.78, 5) is 90.0. The summed E-state index contributed by atoms with van der Waals surface area (Å²) in [7, 11) is 1.95. The fourth-order valence-electron chi connectivity index (χ4n) is 8.91. The minimum atomic E-state index is -0.653. The Morgan fingerprint density at radius 2 is 1.75 bits per heavy atom. The lowest BCUT2D eigenvalue weighted by atomic mass is 9.90. The van der Waals surface area contributed by atoms with Crippen molar-refractivity contribution in [2.24, 2.45) is 13.0 Å². The van der Waals surface area contributed by atoms with Crippen LogP contribution in [0.15, 0.2) is 48.8 Å². The summed E-state index contributed by atoms with van der Waals surface area (Å²) in [6.07, 6.45) is 12.0. The Morgan fingerprint density at radius 1 is 0.955 bits per heavy atom. The highest BCUT2D eigenvalue weighted by molar-refractivity contribution is 7.14. The van der Waals surface area contributed by atoms with Crippen LogP contribution < -0.4 is 26.6 Å². The Morgan fingerprint density at radius 3 is 2.51 bits per heavy atom. The standard InChI is InChI=1S/C47H58ClN11O7S/c1-57-38(20-29-10-11-29)35(23-53-57)42-36(48)24-52-46(56-42)54-32-12-14-33(15-13-32)58(47(65)66-28-30-8-4-2-5-9-30)27-41(62)50-19-7-3-6-18-49-25-40(61)51-22-34-21-31-26-59(45(64)43(31)67-34)37-16-17-39(60)55-44(37)63/h2,4-5,8-9,21,23-24,29,32-33,37,49H,3,6-7,10-20,22,25-28H2,1H3,(H,50,62)(H,51,61)(H,52,54,56)(H,55,60,63). The van der Waals surface area contributed by atoms with Crippen LogP contribution in [0.2, 0.25) is 5.02 Å². The van der Waals surface area contributed by atoms with Gasteiger partial charge in [0.25, 0.3) is 5.91 Å². The molecule has 8 rings (SSSR count). The van der Waals surface area contributed by atoms with E-state index in [1.807, 2.05) is 54.3 Å². The lowest BCUT2D eigenvalue weighted by Crippen LogP contribution is -2.52. The average molecular weight is 957 g/mol. The first-order valence-electron chi connectivity index (χ1n) is 23.3. The lowest BCUT2D eigenvalue weighted by Gasteiger charge is -2.36. The third-order valence-electron chi connectivity index (χ3n) is 12.8. The van der Waals surface area contributed by atoms with E-state index in [-0.39, 0.29) is 61.8 Å². The molecule has 3 fully saturated rings. The normalized spacial score (nSPS) is 19.2. The minimum Gasteiger partial charge on any atom is -0.445 e. The molecular weight excluding hydrogens is 898 g/mol. The molecule has 5 heterocycles. The molecule has 67 heavy (non-hydrogen) atoms. The average Bonchev–Trinajstić information content (AvgIpc) is 3.84. The molecule has 1 saturated heterocycles. The van der Waals surface area contributed by atoms with Gasteiger partial charge in [-0.25, -0.2) is 14.8 Å². The van der Waals surface area contributed by atoms with Gasteiger partial charge in [-0.05, 0) is 93.9 Å². The number of ether oxygens (including phenoxy) is 1. The largest absolute Gasteiger partial charge is 0.445 e. The number of piperidine rings is 1. The summed E-state index contributed by atoms with van der Waals surface area (Å²) in [6.45, 7) is 1.79. The second-order valence-electron chi connectivity index (χ2n) is 17.8. The number of aromatic nitrogens is 4. The summed E-state index contributed by atoms with van der Waals surface area (Å²) in [5, 5.41) is 19.8. The number of hydrogen-bond acceptors (Lipinski definition) is 13. The van der Waals surface area contributed by atoms with Gasteiger partial charge in [-0.1, -0.05) is 48.4 Å². The maximum absolute atomic E-state index is 13.6. The van der Waals surface area contributed by atoms with E-state index in [4.69, 9.17) is 21.3 Å². The van der Waals surface area contributed by atoms with Crippen molar-refractivity contribution in [2.75, 3.05) is 31.5 Å². The number of thiophene rings is 1. The Hall–Kier alpha value is -5.92. The van der Waals surface area contributed by atoms with Crippen LogP contribution in [-0.4, -0.2) is 109 Å². The molecule has 2 aliphatic carbocycles. The van der Waals surface area contributed by atoms with Crippen molar-refractivity contribution < 1.29 is 33.5 Å². The number of halogens is 1. The van der Waals surface area contributed by atoms with Crippen molar-refractivity contribution >= 4 is 64.5 Å². The SMILES string of the molecule is Cn1ncc(-c2nc(NC3CCC(N(CC(=O)NCCCCCNCC(=O)NCc4cc5c(s4)C(=O)N(C4CCC(=O)NC4=O)C5)C(=O)OCc4ccccc4)CC3)ncc2Cl)c1CC1CC1. The van der Waals surface area contributed by atoms with Crippen LogP contribution in [0.3, 0.4) is 0 Å². The predicted molar refractivity (Wildman–Crippen MR) is 251 cm³/mol. The monoisotopic (exact) mass is 955 g/mol. The Labute approximate surface area is 398 Å². The van der Waals surface area contributed by atoms with Crippen molar-refractivity contribution in [2.45, 2.75) is 115 Å². The fourth-order valence-corrected chi connectivity index (χ4v) is 10.2. The van der Waals surface area contributed by atoms with Crippen molar-refractivity contribution in [3.05, 3.63) is 80.4 Å². The van der Waals surface area contributed by atoms with Crippen LogP contribution in [0.5, 0.6) is 0 Å². The Balaban J connectivity index is 0.736. The molecule has 1 atom stereocenters. The highest BCUT2D eigenvalue weighted by Gasteiger charge is 2.40. The van der Waals surface area contributed by atoms with E-state index in [1.54, 1.807) is 11.1 Å². The van der Waals surface area contributed by atoms with Gasteiger partial charge in [0.15, 0.2) is 0 Å². The van der Waals surface area contributed by atoms with Gasteiger partial charge in [0, 0.05) is 54.8 Å². The number of fused-ring (bicyclic) bond motifs is 1. The zero-order valence-electron chi connectivity index (χ0n) is 37.7. The third-order valence-corrected chi connectivity index (χ3v) is 14.2. The van der Waals surface area contributed by atoms with E-state index in [0.717, 1.165) is 65.8 Å². The molecule has 5 N–H and O–H groups in total. The van der Waals surface area contributed by atoms with Crippen molar-refractivity contribution in [1.82, 2.24) is 50.8 Å². The quantitative estimate of drug-likeness (QED) is 0.0559. The molecule has 18 nitrogen and oxygen atoms in total. The van der Waals surface area contributed by atoms with Crippen LogP contribution in [0.1, 0.15) is 102 Å². The number of carbonyl (C=O) groups is 6. The van der Waals surface area contributed by atoms with Gasteiger partial charge in [-0.3, -0.25) is 38.9 Å². The molecule has 356 valence electrons. The smallest absolute Gasteiger partial charge is 0.410 e. The highest BCUT2D eigenvalue weighted by Crippen LogP contribution is 2.37. The number of rotatable bonds is 21. The first-order valence-corrected chi connectivity index (χ1v) is 24.5. The van der Waals surface area contributed by atoms with Gasteiger partial charge in [-0.2, -0.15) is 5.10 Å². The van der Waals surface area contributed by atoms with Crippen molar-refractivity contribution in [3.63, 3.8) is 0 Å². The second-order valence-corrected chi connectivity index (χ2v) is 19.4. The molecule has 3 aromatic heterocycles. The molecule has 4 aromatic rings. The van der Waals surface area contributed by atoms with Crippen LogP contribution in [-0.2, 0) is 57.1 Å². The molecule has 0 radical (unpaired) electrons. The van der Waals surface area contributed by atoms with Crippen LogP contribution in [0, 0.1) is 5.92 Å². The fraction of sp³-hybridized carbons (Fsp3) is 0.511. The molecule has 6 amide bonds. The van der Waals surface area contributed by atoms with E-state index in [1.165, 1.54) is 29.1 Å². The van der Waals surface area contributed by atoms with Gasteiger partial charge in [-0.15, -0.1) is 11.3 Å². The van der Waals surface area contributed by atoms with Gasteiger partial charge < -0.3 is 30.9 Å².